The average molecular weight is 222 g/mol. The van der Waals surface area contributed by atoms with Gasteiger partial charge in [0.15, 0.2) is 5.78 Å². The summed E-state index contributed by atoms with van der Waals surface area (Å²) in [6.07, 6.45) is -0.712. The second kappa shape index (κ2) is 4.24. The standard InChI is InChI=1S/C10H16F2O3/c1-6(13)10(11,12)7(5-8(14)15)9(2,3)4/h7H,5H2,1-4H3,(H,14,15). The van der Waals surface area contributed by atoms with Crippen LogP contribution in [-0.4, -0.2) is 22.8 Å². The van der Waals surface area contributed by atoms with E-state index in [1.807, 2.05) is 0 Å². The second-order valence-corrected chi connectivity index (χ2v) is 4.70. The van der Waals surface area contributed by atoms with Crippen LogP contribution < -0.4 is 0 Å². The maximum absolute atomic E-state index is 13.5. The number of halogens is 2. The normalized spacial score (nSPS) is 14.8. The molecule has 0 saturated heterocycles. The van der Waals surface area contributed by atoms with Gasteiger partial charge in [-0.15, -0.1) is 0 Å². The minimum atomic E-state index is -3.59. The predicted molar refractivity (Wildman–Crippen MR) is 50.8 cm³/mol. The summed E-state index contributed by atoms with van der Waals surface area (Å²) in [5, 5.41) is 8.55. The van der Waals surface area contributed by atoms with Gasteiger partial charge in [-0.1, -0.05) is 20.8 Å². The number of carbonyl (C=O) groups is 2. The van der Waals surface area contributed by atoms with Crippen LogP contribution in [0, 0.1) is 11.3 Å². The number of aliphatic carboxylic acids is 1. The zero-order valence-electron chi connectivity index (χ0n) is 9.30. The highest BCUT2D eigenvalue weighted by Gasteiger charge is 2.50. The summed E-state index contributed by atoms with van der Waals surface area (Å²) in [6, 6.07) is 0. The maximum atomic E-state index is 13.5. The summed E-state index contributed by atoms with van der Waals surface area (Å²) in [5.41, 5.74) is -0.937. The summed E-state index contributed by atoms with van der Waals surface area (Å²) in [7, 11) is 0. The largest absolute Gasteiger partial charge is 0.481 e. The van der Waals surface area contributed by atoms with Crippen molar-refractivity contribution in [2.75, 3.05) is 0 Å². The molecule has 88 valence electrons. The highest BCUT2D eigenvalue weighted by molar-refractivity contribution is 5.84. The van der Waals surface area contributed by atoms with E-state index >= 15 is 0 Å². The van der Waals surface area contributed by atoms with Crippen LogP contribution in [0.1, 0.15) is 34.1 Å². The van der Waals surface area contributed by atoms with Gasteiger partial charge in [-0.25, -0.2) is 0 Å². The molecule has 0 rings (SSSR count). The molecular formula is C10H16F2O3. The molecule has 0 aromatic rings. The molecule has 1 unspecified atom stereocenters. The monoisotopic (exact) mass is 222 g/mol. The Morgan fingerprint density at radius 2 is 1.67 bits per heavy atom. The number of hydrogen-bond donors (Lipinski definition) is 1. The fourth-order valence-corrected chi connectivity index (χ4v) is 1.40. The molecule has 0 aromatic carbocycles. The predicted octanol–water partition coefficient (Wildman–Crippen LogP) is 2.35. The molecule has 15 heavy (non-hydrogen) atoms. The van der Waals surface area contributed by atoms with Crippen molar-refractivity contribution in [3.63, 3.8) is 0 Å². The molecule has 0 aliphatic carbocycles. The molecule has 0 aromatic heterocycles. The number of hydrogen-bond acceptors (Lipinski definition) is 2. The lowest BCUT2D eigenvalue weighted by atomic mass is 9.74. The summed E-state index contributed by atoms with van der Waals surface area (Å²) < 4.78 is 26.9. The molecule has 0 fully saturated rings. The van der Waals surface area contributed by atoms with E-state index in [4.69, 9.17) is 5.11 Å². The van der Waals surface area contributed by atoms with E-state index in [1.165, 1.54) is 20.8 Å². The van der Waals surface area contributed by atoms with Crippen molar-refractivity contribution < 1.29 is 23.5 Å². The Morgan fingerprint density at radius 1 is 1.27 bits per heavy atom. The summed E-state index contributed by atoms with van der Waals surface area (Å²) >= 11 is 0. The first-order valence-corrected chi connectivity index (χ1v) is 4.60. The topological polar surface area (TPSA) is 54.4 Å². The van der Waals surface area contributed by atoms with Crippen molar-refractivity contribution >= 4 is 11.8 Å². The number of alkyl halides is 2. The van der Waals surface area contributed by atoms with Crippen LogP contribution in [0.3, 0.4) is 0 Å². The van der Waals surface area contributed by atoms with Gasteiger partial charge in [-0.3, -0.25) is 9.59 Å². The van der Waals surface area contributed by atoms with Crippen molar-refractivity contribution in [2.24, 2.45) is 11.3 Å². The SMILES string of the molecule is CC(=O)C(F)(F)C(CC(=O)O)C(C)(C)C. The third kappa shape index (κ3) is 3.57. The molecule has 0 amide bonds. The van der Waals surface area contributed by atoms with E-state index in [0.717, 1.165) is 6.92 Å². The van der Waals surface area contributed by atoms with Crippen molar-refractivity contribution in [2.45, 2.75) is 40.0 Å². The first-order chi connectivity index (χ1) is 6.49. The lowest BCUT2D eigenvalue weighted by molar-refractivity contribution is -0.163. The van der Waals surface area contributed by atoms with Gasteiger partial charge in [0.25, 0.3) is 0 Å². The van der Waals surface area contributed by atoms with Crippen molar-refractivity contribution in [1.82, 2.24) is 0 Å². The van der Waals surface area contributed by atoms with E-state index in [9.17, 15) is 18.4 Å². The van der Waals surface area contributed by atoms with Crippen LogP contribution in [0.5, 0.6) is 0 Å². The molecule has 1 N–H and O–H groups in total. The Balaban J connectivity index is 5.11. The van der Waals surface area contributed by atoms with Crippen molar-refractivity contribution in [1.29, 1.82) is 0 Å². The Kier molecular flexibility index (Phi) is 3.96. The Bertz CT molecular complexity index is 266. The number of carboxylic acid groups (broad SMARTS) is 1. The fraction of sp³-hybridized carbons (Fsp3) is 0.800. The number of carboxylic acids is 1. The van der Waals surface area contributed by atoms with E-state index in [2.05, 4.69) is 0 Å². The summed E-state index contributed by atoms with van der Waals surface area (Å²) in [6.45, 7) is 5.27. The van der Waals surface area contributed by atoms with E-state index in [0.29, 0.717) is 0 Å². The van der Waals surface area contributed by atoms with Gasteiger partial charge in [-0.05, 0) is 5.41 Å². The van der Waals surface area contributed by atoms with Gasteiger partial charge in [0.2, 0.25) is 0 Å². The summed E-state index contributed by atoms with van der Waals surface area (Å²) in [5.74, 6) is -7.68. The van der Waals surface area contributed by atoms with Gasteiger partial charge in [0, 0.05) is 12.8 Å². The van der Waals surface area contributed by atoms with Gasteiger partial charge >= 0.3 is 11.9 Å². The minimum Gasteiger partial charge on any atom is -0.481 e. The Morgan fingerprint density at radius 3 is 1.87 bits per heavy atom. The molecule has 0 aliphatic heterocycles. The molecule has 0 heterocycles. The average Bonchev–Trinajstić information content (AvgIpc) is 1.97. The van der Waals surface area contributed by atoms with E-state index in [1.54, 1.807) is 0 Å². The molecule has 1 atom stereocenters. The van der Waals surface area contributed by atoms with E-state index in [-0.39, 0.29) is 0 Å². The Hall–Kier alpha value is -1.00. The zero-order valence-corrected chi connectivity index (χ0v) is 9.30. The first-order valence-electron chi connectivity index (χ1n) is 4.60. The Labute approximate surface area is 87.5 Å². The van der Waals surface area contributed by atoms with Crippen LogP contribution in [-0.2, 0) is 9.59 Å². The smallest absolute Gasteiger partial charge is 0.308 e. The molecule has 5 heteroatoms. The number of ketones is 1. The molecule has 0 aliphatic rings. The molecule has 0 radical (unpaired) electrons. The molecule has 0 saturated carbocycles. The number of Topliss-reactive ketones (excluding diaryl/α,β-unsaturated/α-hetero) is 1. The van der Waals surface area contributed by atoms with Gasteiger partial charge in [-0.2, -0.15) is 8.78 Å². The fourth-order valence-electron chi connectivity index (χ4n) is 1.40. The molecule has 0 bridgehead atoms. The zero-order chi connectivity index (χ0) is 12.4. The third-order valence-corrected chi connectivity index (χ3v) is 2.33. The molecule has 3 nitrogen and oxygen atoms in total. The van der Waals surface area contributed by atoms with Crippen molar-refractivity contribution in [3.05, 3.63) is 0 Å². The summed E-state index contributed by atoms with van der Waals surface area (Å²) in [4.78, 5) is 21.3. The quantitative estimate of drug-likeness (QED) is 0.794. The van der Waals surface area contributed by atoms with Crippen LogP contribution in [0.25, 0.3) is 0 Å². The number of rotatable bonds is 4. The van der Waals surface area contributed by atoms with Crippen LogP contribution in [0.4, 0.5) is 8.78 Å². The molecule has 0 spiro atoms. The second-order valence-electron chi connectivity index (χ2n) is 4.70. The minimum absolute atomic E-state index is 0.712. The highest BCUT2D eigenvalue weighted by Crippen LogP contribution is 2.41. The van der Waals surface area contributed by atoms with Gasteiger partial charge in [0.1, 0.15) is 0 Å². The first kappa shape index (κ1) is 14.0. The highest BCUT2D eigenvalue weighted by atomic mass is 19.3. The van der Waals surface area contributed by atoms with E-state index < -0.39 is 35.4 Å². The lowest BCUT2D eigenvalue weighted by Gasteiger charge is -2.34. The van der Waals surface area contributed by atoms with Gasteiger partial charge < -0.3 is 5.11 Å². The van der Waals surface area contributed by atoms with Gasteiger partial charge in [0.05, 0.1) is 6.42 Å². The molecular weight excluding hydrogens is 206 g/mol. The maximum Gasteiger partial charge on any atom is 0.308 e. The van der Waals surface area contributed by atoms with Crippen LogP contribution >= 0.6 is 0 Å². The third-order valence-electron chi connectivity index (χ3n) is 2.33. The number of carbonyl (C=O) groups excluding carboxylic acids is 1. The van der Waals surface area contributed by atoms with Crippen LogP contribution in [0.15, 0.2) is 0 Å². The van der Waals surface area contributed by atoms with Crippen molar-refractivity contribution in [3.8, 4) is 0 Å². The van der Waals surface area contributed by atoms with Crippen LogP contribution in [0.2, 0.25) is 0 Å². The lowest BCUT2D eigenvalue weighted by Crippen LogP contribution is -2.44.